The molecule has 0 fully saturated rings. The Morgan fingerprint density at radius 2 is 1.56 bits per heavy atom. The summed E-state index contributed by atoms with van der Waals surface area (Å²) >= 11 is 0. The van der Waals surface area contributed by atoms with Crippen LogP contribution in [-0.2, 0) is 13.0 Å². The largest absolute Gasteiger partial charge is 0.348 e. The first kappa shape index (κ1) is 23.3. The quantitative estimate of drug-likeness (QED) is 0.309. The molecule has 0 saturated carbocycles. The monoisotopic (exact) mass is 476 g/mol. The molecule has 0 aromatic heterocycles. The summed E-state index contributed by atoms with van der Waals surface area (Å²) in [7, 11) is 0. The molecule has 2 heterocycles. The molecule has 0 aliphatic carbocycles. The molecule has 5 rings (SSSR count). The van der Waals surface area contributed by atoms with E-state index in [1.807, 2.05) is 89.5 Å². The van der Waals surface area contributed by atoms with E-state index in [0.717, 1.165) is 24.8 Å². The molecule has 2 aliphatic heterocycles. The number of aromatic nitrogens is 3. The van der Waals surface area contributed by atoms with Gasteiger partial charge in [0.2, 0.25) is 0 Å². The number of amides is 1. The molecule has 1 amide bonds. The Hall–Kier alpha value is -4.45. The van der Waals surface area contributed by atoms with E-state index < -0.39 is 0 Å². The predicted molar refractivity (Wildman–Crippen MR) is 143 cm³/mol. The maximum atomic E-state index is 13.5. The average Bonchev–Trinajstić information content (AvgIpc) is 3.25. The molecule has 3 aromatic rings. The maximum Gasteiger partial charge on any atom is 0.282 e. The second-order valence-electron chi connectivity index (χ2n) is 8.90. The van der Waals surface area contributed by atoms with Crippen LogP contribution in [0.15, 0.2) is 102 Å². The molecule has 0 saturated heterocycles. The smallest absolute Gasteiger partial charge is 0.282 e. The maximum absolute atomic E-state index is 13.5. The lowest BCUT2D eigenvalue weighted by atomic mass is 10.1. The van der Waals surface area contributed by atoms with E-state index >= 15 is 0 Å². The highest BCUT2D eigenvalue weighted by molar-refractivity contribution is 6.08. The van der Waals surface area contributed by atoms with Crippen molar-refractivity contribution in [1.29, 1.82) is 0 Å². The predicted octanol–water partition coefficient (Wildman–Crippen LogP) is 5.78. The second-order valence-corrected chi connectivity index (χ2v) is 8.90. The van der Waals surface area contributed by atoms with Gasteiger partial charge in [0.15, 0.2) is 0 Å². The Balaban J connectivity index is 1.53. The number of nitrogens with one attached hydrogen (secondary N) is 1. The summed E-state index contributed by atoms with van der Waals surface area (Å²) in [5, 5.41) is 7.56. The fraction of sp³-hybridized carbons (Fsp3) is 0.167. The van der Waals surface area contributed by atoms with E-state index in [1.54, 1.807) is 12.4 Å². The van der Waals surface area contributed by atoms with Gasteiger partial charge in [0, 0.05) is 24.6 Å². The highest BCUT2D eigenvalue weighted by Gasteiger charge is 2.24. The third kappa shape index (κ3) is 4.98. The number of rotatable bonds is 8. The van der Waals surface area contributed by atoms with Crippen molar-refractivity contribution in [2.45, 2.75) is 32.7 Å². The van der Waals surface area contributed by atoms with Crippen LogP contribution in [0, 0.1) is 0 Å². The molecule has 1 N–H and O–H groups in total. The molecule has 2 aliphatic rings. The van der Waals surface area contributed by atoms with Crippen molar-refractivity contribution in [3.63, 3.8) is 0 Å². The van der Waals surface area contributed by atoms with Crippen LogP contribution in [0.1, 0.15) is 41.3 Å². The Morgan fingerprint density at radius 1 is 0.861 bits per heavy atom. The summed E-state index contributed by atoms with van der Waals surface area (Å²) in [5.41, 5.74) is 4.55. The van der Waals surface area contributed by atoms with E-state index in [-0.39, 0.29) is 11.5 Å². The van der Waals surface area contributed by atoms with Crippen LogP contribution in [0.3, 0.4) is 0 Å². The van der Waals surface area contributed by atoms with Crippen LogP contribution in [0.25, 0.3) is 16.9 Å². The number of carbonyl (C=O) groups is 1. The van der Waals surface area contributed by atoms with Crippen LogP contribution in [0.5, 0.6) is 0 Å². The first-order valence-corrected chi connectivity index (χ1v) is 12.2. The van der Waals surface area contributed by atoms with E-state index in [1.165, 1.54) is 10.2 Å². The van der Waals surface area contributed by atoms with Crippen molar-refractivity contribution < 1.29 is 4.79 Å². The van der Waals surface area contributed by atoms with Crippen molar-refractivity contribution in [3.8, 4) is 16.9 Å². The number of para-hydroxylation sites is 1. The topological polar surface area (TPSA) is 68.9 Å². The summed E-state index contributed by atoms with van der Waals surface area (Å²) in [6.07, 6.45) is 6.84. The van der Waals surface area contributed by atoms with E-state index in [2.05, 4.69) is 17.3 Å². The molecule has 3 aromatic carbocycles. The van der Waals surface area contributed by atoms with Gasteiger partial charge >= 0.3 is 0 Å². The number of carbonyl (C=O) groups excluding carboxylic acids is 1. The highest BCUT2D eigenvalue weighted by Crippen LogP contribution is 2.24. The lowest BCUT2D eigenvalue weighted by Gasteiger charge is -2.13. The van der Waals surface area contributed by atoms with Crippen molar-refractivity contribution in [1.82, 2.24) is 14.3 Å². The molecule has 36 heavy (non-hydrogen) atoms. The number of unbranched alkanes of at least 4 members (excludes halogenated alkanes) is 1. The fourth-order valence-corrected chi connectivity index (χ4v) is 4.29. The van der Waals surface area contributed by atoms with E-state index in [0.29, 0.717) is 34.7 Å². The third-order valence-corrected chi connectivity index (χ3v) is 6.21. The minimum atomic E-state index is -0.304. The number of aryl methyl sites for hydroxylation is 1. The lowest BCUT2D eigenvalue weighted by molar-refractivity contribution is 0.102. The summed E-state index contributed by atoms with van der Waals surface area (Å²) in [6, 6.07) is 27.1. The molecular weight excluding hydrogens is 448 g/mol. The zero-order valence-corrected chi connectivity index (χ0v) is 20.2. The number of pyridine rings is 1. The second kappa shape index (κ2) is 10.4. The molecule has 0 spiro atoms. The van der Waals surface area contributed by atoms with Gasteiger partial charge in [-0.2, -0.15) is 9.78 Å². The number of anilines is 1. The Labute approximate surface area is 210 Å². The highest BCUT2D eigenvalue weighted by atomic mass is 16.2. The van der Waals surface area contributed by atoms with Gasteiger partial charge in [-0.25, -0.2) is 0 Å². The van der Waals surface area contributed by atoms with Crippen LogP contribution >= 0.6 is 0 Å². The molecule has 0 unspecified atom stereocenters. The Bertz CT molecular complexity index is 1490. The van der Waals surface area contributed by atoms with Gasteiger partial charge in [-0.05, 0) is 48.2 Å². The van der Waals surface area contributed by atoms with Crippen LogP contribution in [0.4, 0.5) is 5.69 Å². The van der Waals surface area contributed by atoms with Gasteiger partial charge in [0.25, 0.3) is 11.5 Å². The van der Waals surface area contributed by atoms with Gasteiger partial charge in [-0.3, -0.25) is 9.59 Å². The summed E-state index contributed by atoms with van der Waals surface area (Å²) < 4.78 is 3.23. The summed E-state index contributed by atoms with van der Waals surface area (Å²) in [4.78, 5) is 26.8. The molecule has 0 radical (unpaired) electrons. The number of nitrogens with zero attached hydrogens (tertiary/aromatic N) is 3. The van der Waals surface area contributed by atoms with Crippen molar-refractivity contribution in [2.75, 3.05) is 5.32 Å². The molecule has 180 valence electrons. The lowest BCUT2D eigenvalue weighted by Crippen LogP contribution is -2.18. The number of hydrogen-bond donors (Lipinski definition) is 1. The molecular formula is C30H28N4O2. The first-order valence-electron chi connectivity index (χ1n) is 12.2. The first-order chi connectivity index (χ1) is 17.6. The zero-order valence-electron chi connectivity index (χ0n) is 20.2. The zero-order chi connectivity index (χ0) is 24.9. The van der Waals surface area contributed by atoms with E-state index in [4.69, 9.17) is 0 Å². The number of hydrogen-bond acceptors (Lipinski definition) is 3. The van der Waals surface area contributed by atoms with Crippen LogP contribution in [-0.4, -0.2) is 20.3 Å². The van der Waals surface area contributed by atoms with Crippen LogP contribution < -0.4 is 10.9 Å². The average molecular weight is 477 g/mol. The van der Waals surface area contributed by atoms with Gasteiger partial charge in [-0.1, -0.05) is 74.0 Å². The number of benzene rings is 3. The Morgan fingerprint density at radius 3 is 2.25 bits per heavy atom. The molecule has 0 bridgehead atoms. The summed E-state index contributed by atoms with van der Waals surface area (Å²) in [5.74, 6) is -0.304. The molecule has 6 heteroatoms. The van der Waals surface area contributed by atoms with Gasteiger partial charge < -0.3 is 9.88 Å². The van der Waals surface area contributed by atoms with Crippen LogP contribution in [0.2, 0.25) is 0 Å². The number of fused-ring (bicyclic) bond motifs is 1. The SMILES string of the molecule is CCCCc1ccc(NC(=O)c2cn(Cc3ccccc3)cc3c(=O)n(-c4ccccc4)nc2-3)cc1. The standard InChI is InChI=1S/C30H28N4O2/c1-2-3-10-22-15-17-24(18-16-22)31-29(35)26-20-33(19-23-11-6-4-7-12-23)21-27-28(26)32-34(30(27)36)25-13-8-5-9-14-25/h4-9,11-18,20-21H,2-3,10,19H2,1H3,(H,31,35). The van der Waals surface area contributed by atoms with E-state index in [9.17, 15) is 9.59 Å². The minimum Gasteiger partial charge on any atom is -0.348 e. The van der Waals surface area contributed by atoms with Gasteiger partial charge in [-0.15, -0.1) is 0 Å². The Kier molecular flexibility index (Phi) is 6.76. The van der Waals surface area contributed by atoms with Crippen molar-refractivity contribution >= 4 is 11.6 Å². The van der Waals surface area contributed by atoms with Crippen molar-refractivity contribution in [3.05, 3.63) is 124 Å². The van der Waals surface area contributed by atoms with Crippen molar-refractivity contribution in [2.24, 2.45) is 0 Å². The molecule has 6 nitrogen and oxygen atoms in total. The van der Waals surface area contributed by atoms with Gasteiger partial charge in [0.05, 0.1) is 16.8 Å². The fourth-order valence-electron chi connectivity index (χ4n) is 4.29. The third-order valence-electron chi connectivity index (χ3n) is 6.21. The van der Waals surface area contributed by atoms with Gasteiger partial charge in [0.1, 0.15) is 5.69 Å². The molecule has 0 atom stereocenters. The normalized spacial score (nSPS) is 11.0. The minimum absolute atomic E-state index is 0.257. The summed E-state index contributed by atoms with van der Waals surface area (Å²) in [6.45, 7) is 2.70.